The maximum Gasteiger partial charge on any atom is 0.416 e. The second-order valence-corrected chi connectivity index (χ2v) is 5.17. The fourth-order valence-electron chi connectivity index (χ4n) is 2.38. The van der Waals surface area contributed by atoms with E-state index in [1.807, 2.05) is 24.3 Å². The van der Waals surface area contributed by atoms with Gasteiger partial charge < -0.3 is 10.5 Å². The average Bonchev–Trinajstić information content (AvgIpc) is 2.54. The van der Waals surface area contributed by atoms with Crippen LogP contribution < -0.4 is 10.5 Å². The highest BCUT2D eigenvalue weighted by atomic mass is 19.4. The zero-order chi connectivity index (χ0) is 17.2. The molecule has 0 radical (unpaired) electrons. The Morgan fingerprint density at radius 2 is 1.79 bits per heavy atom. The lowest BCUT2D eigenvalue weighted by Gasteiger charge is -2.11. The highest BCUT2D eigenvalue weighted by Gasteiger charge is 2.30. The summed E-state index contributed by atoms with van der Waals surface area (Å²) < 4.78 is 43.5. The molecule has 0 aliphatic carbocycles. The predicted octanol–water partition coefficient (Wildman–Crippen LogP) is 3.85. The van der Waals surface area contributed by atoms with Crippen molar-refractivity contribution >= 4 is 16.9 Å². The number of halogens is 3. The lowest BCUT2D eigenvalue weighted by atomic mass is 10.1. The molecule has 0 aliphatic heterocycles. The average molecular weight is 333 g/mol. The normalized spacial score (nSPS) is 11.6. The molecular formula is C17H14F3N3O. The maximum atomic E-state index is 12.7. The highest BCUT2D eigenvalue weighted by Crippen LogP contribution is 2.31. The third kappa shape index (κ3) is 3.56. The fraction of sp³-hybridized carbons (Fsp3) is 0.176. The Bertz CT molecular complexity index is 865. The first-order valence-electron chi connectivity index (χ1n) is 7.25. The zero-order valence-electron chi connectivity index (χ0n) is 12.5. The molecule has 4 nitrogen and oxygen atoms in total. The van der Waals surface area contributed by atoms with E-state index in [0.29, 0.717) is 12.1 Å². The van der Waals surface area contributed by atoms with Gasteiger partial charge in [0.25, 0.3) is 0 Å². The van der Waals surface area contributed by atoms with E-state index in [2.05, 4.69) is 9.97 Å². The van der Waals surface area contributed by atoms with Crippen LogP contribution in [0.2, 0.25) is 0 Å². The van der Waals surface area contributed by atoms with Gasteiger partial charge in [-0.25, -0.2) is 9.97 Å². The molecule has 0 bridgehead atoms. The molecule has 0 unspecified atom stereocenters. The number of nitrogen functional groups attached to an aromatic ring is 1. The van der Waals surface area contributed by atoms with Crippen molar-refractivity contribution in [3.63, 3.8) is 0 Å². The number of ether oxygens (including phenoxy) is 1. The van der Waals surface area contributed by atoms with Gasteiger partial charge >= 0.3 is 6.18 Å². The quantitative estimate of drug-likeness (QED) is 0.788. The minimum absolute atomic E-state index is 0.155. The number of hydrogen-bond acceptors (Lipinski definition) is 4. The second-order valence-electron chi connectivity index (χ2n) is 5.17. The van der Waals surface area contributed by atoms with Gasteiger partial charge in [0.2, 0.25) is 5.95 Å². The Balaban J connectivity index is 1.74. The van der Waals surface area contributed by atoms with Crippen LogP contribution in [0.5, 0.6) is 5.75 Å². The van der Waals surface area contributed by atoms with Crippen LogP contribution in [0.15, 0.2) is 48.5 Å². The molecule has 0 atom stereocenters. The van der Waals surface area contributed by atoms with Crippen molar-refractivity contribution < 1.29 is 17.9 Å². The van der Waals surface area contributed by atoms with Gasteiger partial charge in [0.15, 0.2) is 0 Å². The number of fused-ring (bicyclic) bond motifs is 1. The van der Waals surface area contributed by atoms with Crippen molar-refractivity contribution in [3.05, 3.63) is 59.8 Å². The van der Waals surface area contributed by atoms with Crippen molar-refractivity contribution in [1.82, 2.24) is 9.97 Å². The van der Waals surface area contributed by atoms with Crippen molar-refractivity contribution in [3.8, 4) is 5.75 Å². The Labute approximate surface area is 136 Å². The first kappa shape index (κ1) is 16.0. The molecule has 0 fully saturated rings. The molecule has 1 aromatic heterocycles. The van der Waals surface area contributed by atoms with Crippen LogP contribution in [0.4, 0.5) is 19.1 Å². The number of aromatic nitrogens is 2. The lowest BCUT2D eigenvalue weighted by molar-refractivity contribution is -0.137. The van der Waals surface area contributed by atoms with Crippen LogP contribution in [-0.2, 0) is 12.6 Å². The number of para-hydroxylation sites is 1. The van der Waals surface area contributed by atoms with E-state index >= 15 is 0 Å². The van der Waals surface area contributed by atoms with Gasteiger partial charge in [0.05, 0.1) is 23.4 Å². The summed E-state index contributed by atoms with van der Waals surface area (Å²) in [6.45, 7) is 0.182. The van der Waals surface area contributed by atoms with Gasteiger partial charge in [-0.2, -0.15) is 13.2 Å². The molecule has 0 saturated carbocycles. The fourth-order valence-corrected chi connectivity index (χ4v) is 2.38. The Hall–Kier alpha value is -2.83. The summed E-state index contributed by atoms with van der Waals surface area (Å²) in [5.74, 6) is 0.318. The number of benzene rings is 2. The molecule has 0 saturated heterocycles. The summed E-state index contributed by atoms with van der Waals surface area (Å²) in [4.78, 5) is 8.34. The van der Waals surface area contributed by atoms with E-state index in [4.69, 9.17) is 10.5 Å². The number of hydrogen-bond donors (Lipinski definition) is 1. The smallest absolute Gasteiger partial charge is 0.416 e. The molecule has 2 aromatic carbocycles. The molecule has 1 heterocycles. The van der Waals surface area contributed by atoms with Crippen LogP contribution in [0, 0.1) is 0 Å². The highest BCUT2D eigenvalue weighted by molar-refractivity contribution is 5.81. The number of nitrogens with two attached hydrogens (primary N) is 1. The predicted molar refractivity (Wildman–Crippen MR) is 84.6 cm³/mol. The zero-order valence-corrected chi connectivity index (χ0v) is 12.5. The van der Waals surface area contributed by atoms with Gasteiger partial charge in [-0.05, 0) is 24.3 Å². The number of alkyl halides is 3. The molecule has 3 rings (SSSR count). The molecule has 7 heteroatoms. The van der Waals surface area contributed by atoms with Gasteiger partial charge in [0, 0.05) is 11.8 Å². The van der Waals surface area contributed by atoms with Crippen molar-refractivity contribution in [2.24, 2.45) is 0 Å². The lowest BCUT2D eigenvalue weighted by Crippen LogP contribution is -2.08. The van der Waals surface area contributed by atoms with E-state index in [-0.39, 0.29) is 18.3 Å². The van der Waals surface area contributed by atoms with Gasteiger partial charge in [-0.1, -0.05) is 24.3 Å². The summed E-state index contributed by atoms with van der Waals surface area (Å²) in [5.41, 5.74) is 6.37. The standard InChI is InChI=1S/C17H14F3N3O/c18-17(19,20)11-4-3-5-12(10-11)24-9-8-15-13-6-1-2-7-14(13)22-16(21)23-15/h1-7,10H,8-9H2,(H2,21,22,23). The van der Waals surface area contributed by atoms with Crippen LogP contribution in [-0.4, -0.2) is 16.6 Å². The van der Waals surface area contributed by atoms with Crippen LogP contribution in [0.3, 0.4) is 0 Å². The molecule has 2 N–H and O–H groups in total. The largest absolute Gasteiger partial charge is 0.493 e. The van der Waals surface area contributed by atoms with Crippen molar-refractivity contribution in [2.45, 2.75) is 12.6 Å². The maximum absolute atomic E-state index is 12.7. The first-order valence-corrected chi connectivity index (χ1v) is 7.25. The Morgan fingerprint density at radius 1 is 1.00 bits per heavy atom. The first-order chi connectivity index (χ1) is 11.4. The summed E-state index contributed by atoms with van der Waals surface area (Å²) in [7, 11) is 0. The second kappa shape index (κ2) is 6.35. The molecular weight excluding hydrogens is 319 g/mol. The monoisotopic (exact) mass is 333 g/mol. The minimum Gasteiger partial charge on any atom is -0.493 e. The van der Waals surface area contributed by atoms with Crippen LogP contribution in [0.25, 0.3) is 10.9 Å². The van der Waals surface area contributed by atoms with E-state index < -0.39 is 11.7 Å². The minimum atomic E-state index is -4.39. The summed E-state index contributed by atoms with van der Waals surface area (Å²) in [5, 5.41) is 0.847. The van der Waals surface area contributed by atoms with E-state index in [1.165, 1.54) is 12.1 Å². The molecule has 24 heavy (non-hydrogen) atoms. The van der Waals surface area contributed by atoms with Crippen LogP contribution in [0.1, 0.15) is 11.3 Å². The SMILES string of the molecule is Nc1nc(CCOc2cccc(C(F)(F)F)c2)c2ccccc2n1. The van der Waals surface area contributed by atoms with Gasteiger partial charge in [0.1, 0.15) is 5.75 Å². The summed E-state index contributed by atoms with van der Waals surface area (Å²) in [6, 6.07) is 12.2. The molecule has 3 aromatic rings. The van der Waals surface area contributed by atoms with Crippen molar-refractivity contribution in [1.29, 1.82) is 0 Å². The van der Waals surface area contributed by atoms with Crippen LogP contribution >= 0.6 is 0 Å². The summed E-state index contributed by atoms with van der Waals surface area (Å²) >= 11 is 0. The third-order valence-electron chi connectivity index (χ3n) is 3.47. The van der Waals surface area contributed by atoms with E-state index in [0.717, 1.165) is 23.0 Å². The molecule has 0 amide bonds. The third-order valence-corrected chi connectivity index (χ3v) is 3.47. The molecule has 124 valence electrons. The van der Waals surface area contributed by atoms with Crippen molar-refractivity contribution in [2.75, 3.05) is 12.3 Å². The Morgan fingerprint density at radius 3 is 2.58 bits per heavy atom. The number of rotatable bonds is 4. The van der Waals surface area contributed by atoms with E-state index in [9.17, 15) is 13.2 Å². The van der Waals surface area contributed by atoms with Gasteiger partial charge in [-0.15, -0.1) is 0 Å². The number of anilines is 1. The number of nitrogens with zero attached hydrogens (tertiary/aromatic N) is 2. The topological polar surface area (TPSA) is 61.0 Å². The molecule has 0 spiro atoms. The van der Waals surface area contributed by atoms with Gasteiger partial charge in [-0.3, -0.25) is 0 Å². The summed E-state index contributed by atoms with van der Waals surface area (Å²) in [6.07, 6.45) is -3.99. The molecule has 0 aliphatic rings. The Kier molecular flexibility index (Phi) is 4.24. The van der Waals surface area contributed by atoms with E-state index in [1.54, 1.807) is 0 Å².